The third-order valence-electron chi connectivity index (χ3n) is 2.90. The van der Waals surface area contributed by atoms with Crippen molar-refractivity contribution in [3.05, 3.63) is 53.8 Å². The first-order valence-electron chi connectivity index (χ1n) is 6.55. The van der Waals surface area contributed by atoms with E-state index in [0.717, 1.165) is 17.0 Å². The highest BCUT2D eigenvalue weighted by Crippen LogP contribution is 2.34. The predicted octanol–water partition coefficient (Wildman–Crippen LogP) is 4.45. The van der Waals surface area contributed by atoms with Crippen molar-refractivity contribution in [2.75, 3.05) is 12.8 Å². The topological polar surface area (TPSA) is 21.3 Å². The van der Waals surface area contributed by atoms with E-state index in [9.17, 15) is 4.39 Å². The van der Waals surface area contributed by atoms with E-state index >= 15 is 0 Å². The van der Waals surface area contributed by atoms with Gasteiger partial charge in [0.05, 0.1) is 0 Å². The Bertz CT molecular complexity index is 574. The second-order valence-electron chi connectivity index (χ2n) is 4.26. The van der Waals surface area contributed by atoms with Gasteiger partial charge in [0.25, 0.3) is 0 Å². The Morgan fingerprint density at radius 2 is 1.95 bits per heavy atom. The monoisotopic (exact) mass is 291 g/mol. The van der Waals surface area contributed by atoms with Gasteiger partial charge in [0.15, 0.2) is 11.6 Å². The largest absolute Gasteiger partial charge is 0.453 e. The van der Waals surface area contributed by atoms with Crippen molar-refractivity contribution in [3.63, 3.8) is 0 Å². The van der Waals surface area contributed by atoms with Gasteiger partial charge in [-0.1, -0.05) is 31.2 Å². The molecule has 0 radical (unpaired) electrons. The maximum Gasteiger partial charge on any atom is 0.167 e. The van der Waals surface area contributed by atoms with E-state index in [1.807, 2.05) is 43.5 Å². The molecular formula is C16H18FNOS. The van der Waals surface area contributed by atoms with E-state index in [1.165, 1.54) is 6.07 Å². The van der Waals surface area contributed by atoms with Crippen LogP contribution in [0.5, 0.6) is 11.5 Å². The quantitative estimate of drug-likeness (QED) is 0.795. The molecular weight excluding hydrogens is 273 g/mol. The molecule has 0 heterocycles. The lowest BCUT2D eigenvalue weighted by molar-refractivity contribution is 0.426. The molecule has 20 heavy (non-hydrogen) atoms. The number of halogens is 1. The summed E-state index contributed by atoms with van der Waals surface area (Å²) in [5, 5.41) is 3.19. The maximum atomic E-state index is 14.0. The minimum Gasteiger partial charge on any atom is -0.453 e. The van der Waals surface area contributed by atoms with Gasteiger partial charge in [-0.25, -0.2) is 4.39 Å². The molecule has 0 bridgehead atoms. The first-order valence-corrected chi connectivity index (χ1v) is 7.77. The van der Waals surface area contributed by atoms with Crippen LogP contribution < -0.4 is 10.1 Å². The van der Waals surface area contributed by atoms with E-state index in [1.54, 1.807) is 17.8 Å². The lowest BCUT2D eigenvalue weighted by atomic mass is 10.2. The lowest BCUT2D eigenvalue weighted by Crippen LogP contribution is -2.12. The van der Waals surface area contributed by atoms with Crippen LogP contribution in [-0.2, 0) is 6.54 Å². The molecule has 0 aliphatic rings. The smallest absolute Gasteiger partial charge is 0.167 e. The van der Waals surface area contributed by atoms with Crippen molar-refractivity contribution in [2.24, 2.45) is 0 Å². The van der Waals surface area contributed by atoms with Gasteiger partial charge in [0, 0.05) is 17.0 Å². The molecule has 0 saturated carbocycles. The highest BCUT2D eigenvalue weighted by atomic mass is 32.2. The Hall–Kier alpha value is -1.52. The molecule has 0 amide bonds. The summed E-state index contributed by atoms with van der Waals surface area (Å²) in [6, 6.07) is 12.7. The van der Waals surface area contributed by atoms with E-state index in [2.05, 4.69) is 5.32 Å². The molecule has 0 atom stereocenters. The molecule has 1 N–H and O–H groups in total. The maximum absolute atomic E-state index is 14.0. The molecule has 2 nitrogen and oxygen atoms in total. The average molecular weight is 291 g/mol. The summed E-state index contributed by atoms with van der Waals surface area (Å²) in [4.78, 5) is 0.991. The normalized spacial score (nSPS) is 10.6. The zero-order valence-electron chi connectivity index (χ0n) is 11.7. The number of hydrogen-bond donors (Lipinski definition) is 1. The van der Waals surface area contributed by atoms with Gasteiger partial charge >= 0.3 is 0 Å². The number of nitrogens with one attached hydrogen (secondary N) is 1. The minimum atomic E-state index is -0.337. The SMILES string of the molecule is CCNCc1cccc(F)c1Oc1ccccc1SC. The molecule has 4 heteroatoms. The van der Waals surface area contributed by atoms with E-state index in [0.29, 0.717) is 18.0 Å². The van der Waals surface area contributed by atoms with Crippen LogP contribution in [0.2, 0.25) is 0 Å². The highest BCUT2D eigenvalue weighted by Gasteiger charge is 2.12. The van der Waals surface area contributed by atoms with Crippen LogP contribution in [-0.4, -0.2) is 12.8 Å². The molecule has 106 valence electrons. The van der Waals surface area contributed by atoms with Gasteiger partial charge in [-0.3, -0.25) is 0 Å². The Morgan fingerprint density at radius 3 is 2.70 bits per heavy atom. The fourth-order valence-electron chi connectivity index (χ4n) is 1.88. The van der Waals surface area contributed by atoms with Gasteiger partial charge < -0.3 is 10.1 Å². The van der Waals surface area contributed by atoms with Crippen LogP contribution in [0.15, 0.2) is 47.4 Å². The summed E-state index contributed by atoms with van der Waals surface area (Å²) < 4.78 is 19.9. The minimum absolute atomic E-state index is 0.301. The Labute approximate surface area is 123 Å². The number of ether oxygens (including phenoxy) is 1. The molecule has 2 rings (SSSR count). The summed E-state index contributed by atoms with van der Waals surface area (Å²) in [5.74, 6) is 0.647. The number of hydrogen-bond acceptors (Lipinski definition) is 3. The predicted molar refractivity (Wildman–Crippen MR) is 82.1 cm³/mol. The van der Waals surface area contributed by atoms with Crippen molar-refractivity contribution >= 4 is 11.8 Å². The summed E-state index contributed by atoms with van der Waals surface area (Å²) in [5.41, 5.74) is 0.822. The van der Waals surface area contributed by atoms with Crippen LogP contribution in [0, 0.1) is 5.82 Å². The Kier molecular flexibility index (Phi) is 5.44. The number of thioether (sulfide) groups is 1. The van der Waals surface area contributed by atoms with Gasteiger partial charge in [-0.15, -0.1) is 11.8 Å². The summed E-state index contributed by atoms with van der Waals surface area (Å²) >= 11 is 1.58. The third kappa shape index (κ3) is 3.52. The fraction of sp³-hybridized carbons (Fsp3) is 0.250. The van der Waals surface area contributed by atoms with Gasteiger partial charge in [-0.2, -0.15) is 0 Å². The summed E-state index contributed by atoms with van der Waals surface area (Å²) in [6.07, 6.45) is 1.98. The number of benzene rings is 2. The zero-order chi connectivity index (χ0) is 14.4. The van der Waals surface area contributed by atoms with Crippen molar-refractivity contribution in [2.45, 2.75) is 18.4 Å². The van der Waals surface area contributed by atoms with Crippen molar-refractivity contribution in [1.29, 1.82) is 0 Å². The molecule has 0 aliphatic carbocycles. The molecule has 0 fully saturated rings. The fourth-order valence-corrected chi connectivity index (χ4v) is 2.41. The Balaban J connectivity index is 2.32. The second kappa shape index (κ2) is 7.31. The van der Waals surface area contributed by atoms with Crippen LogP contribution in [0.25, 0.3) is 0 Å². The first kappa shape index (κ1) is 14.9. The molecule has 2 aromatic carbocycles. The summed E-state index contributed by atoms with van der Waals surface area (Å²) in [6.45, 7) is 3.44. The molecule has 0 spiro atoms. The molecule has 0 aromatic heterocycles. The second-order valence-corrected chi connectivity index (χ2v) is 5.11. The van der Waals surface area contributed by atoms with Gasteiger partial charge in [0.2, 0.25) is 0 Å². The van der Waals surface area contributed by atoms with Crippen molar-refractivity contribution in [3.8, 4) is 11.5 Å². The zero-order valence-corrected chi connectivity index (χ0v) is 12.5. The van der Waals surface area contributed by atoms with Gasteiger partial charge in [0.1, 0.15) is 5.75 Å². The first-order chi connectivity index (χ1) is 9.76. The molecule has 0 unspecified atom stereocenters. The Morgan fingerprint density at radius 1 is 1.15 bits per heavy atom. The van der Waals surface area contributed by atoms with Crippen LogP contribution >= 0.6 is 11.8 Å². The molecule has 0 saturated heterocycles. The van der Waals surface area contributed by atoms with Gasteiger partial charge in [-0.05, 0) is 31.0 Å². The molecule has 0 aliphatic heterocycles. The lowest BCUT2D eigenvalue weighted by Gasteiger charge is -2.14. The number of rotatable bonds is 6. The molecule has 2 aromatic rings. The van der Waals surface area contributed by atoms with Crippen LogP contribution in [0.3, 0.4) is 0 Å². The van der Waals surface area contributed by atoms with E-state index in [-0.39, 0.29) is 5.82 Å². The van der Waals surface area contributed by atoms with Crippen molar-refractivity contribution < 1.29 is 9.13 Å². The third-order valence-corrected chi connectivity index (χ3v) is 3.67. The van der Waals surface area contributed by atoms with Crippen LogP contribution in [0.1, 0.15) is 12.5 Å². The standard InChI is InChI=1S/C16H18FNOS/c1-3-18-11-12-7-6-8-13(17)16(12)19-14-9-4-5-10-15(14)20-2/h4-10,18H,3,11H2,1-2H3. The van der Waals surface area contributed by atoms with Crippen molar-refractivity contribution in [1.82, 2.24) is 5.32 Å². The van der Waals surface area contributed by atoms with Crippen LogP contribution in [0.4, 0.5) is 4.39 Å². The van der Waals surface area contributed by atoms with E-state index < -0.39 is 0 Å². The number of para-hydroxylation sites is 2. The van der Waals surface area contributed by atoms with E-state index in [4.69, 9.17) is 4.74 Å². The average Bonchev–Trinajstić information content (AvgIpc) is 2.48. The summed E-state index contributed by atoms with van der Waals surface area (Å²) in [7, 11) is 0. The highest BCUT2D eigenvalue weighted by molar-refractivity contribution is 7.98.